The Bertz CT molecular complexity index is 225. The summed E-state index contributed by atoms with van der Waals surface area (Å²) in [6, 6.07) is 0. The van der Waals surface area contributed by atoms with Crippen molar-refractivity contribution >= 4 is 5.78 Å². The third-order valence-corrected chi connectivity index (χ3v) is 2.58. The SMILES string of the molecule is O=C1C=COC2CC(F)CCC12. The summed E-state index contributed by atoms with van der Waals surface area (Å²) in [7, 11) is 0. The molecule has 0 N–H and O–H groups in total. The van der Waals surface area contributed by atoms with Gasteiger partial charge in [-0.15, -0.1) is 0 Å². The number of allylic oxidation sites excluding steroid dienone is 1. The zero-order chi connectivity index (χ0) is 8.55. The Balaban J connectivity index is 2.11. The second-order valence-corrected chi connectivity index (χ2v) is 3.40. The molecule has 0 saturated heterocycles. The number of alkyl halides is 1. The standard InChI is InChI=1S/C9H11FO2/c10-6-1-2-7-8(11)3-4-12-9(7)5-6/h3-4,6-7,9H,1-2,5H2. The molecule has 0 bridgehead atoms. The van der Waals surface area contributed by atoms with E-state index >= 15 is 0 Å². The molecule has 1 heterocycles. The lowest BCUT2D eigenvalue weighted by Crippen LogP contribution is -2.38. The third-order valence-electron chi connectivity index (χ3n) is 2.58. The van der Waals surface area contributed by atoms with E-state index in [4.69, 9.17) is 4.74 Å². The van der Waals surface area contributed by atoms with Crippen molar-refractivity contribution in [3.63, 3.8) is 0 Å². The second-order valence-electron chi connectivity index (χ2n) is 3.40. The number of halogens is 1. The van der Waals surface area contributed by atoms with Gasteiger partial charge < -0.3 is 4.74 Å². The van der Waals surface area contributed by atoms with Gasteiger partial charge in [-0.2, -0.15) is 0 Å². The maximum atomic E-state index is 12.9. The van der Waals surface area contributed by atoms with Gasteiger partial charge in [0.15, 0.2) is 5.78 Å². The second kappa shape index (κ2) is 2.88. The number of carbonyl (C=O) groups is 1. The van der Waals surface area contributed by atoms with Crippen LogP contribution in [-0.4, -0.2) is 18.1 Å². The minimum atomic E-state index is -0.787. The highest BCUT2D eigenvalue weighted by atomic mass is 19.1. The van der Waals surface area contributed by atoms with Crippen molar-refractivity contribution in [3.8, 4) is 0 Å². The van der Waals surface area contributed by atoms with E-state index in [-0.39, 0.29) is 17.8 Å². The van der Waals surface area contributed by atoms with E-state index in [1.807, 2.05) is 0 Å². The highest BCUT2D eigenvalue weighted by molar-refractivity contribution is 5.92. The minimum absolute atomic E-state index is 0.0815. The van der Waals surface area contributed by atoms with Crippen LogP contribution in [0.25, 0.3) is 0 Å². The Morgan fingerprint density at radius 1 is 1.50 bits per heavy atom. The van der Waals surface area contributed by atoms with Crippen molar-refractivity contribution in [1.82, 2.24) is 0 Å². The van der Waals surface area contributed by atoms with E-state index in [0.717, 1.165) is 0 Å². The smallest absolute Gasteiger partial charge is 0.165 e. The summed E-state index contributed by atoms with van der Waals surface area (Å²) >= 11 is 0. The Labute approximate surface area is 70.4 Å². The molecule has 1 fully saturated rings. The van der Waals surface area contributed by atoms with E-state index in [1.165, 1.54) is 12.3 Å². The lowest BCUT2D eigenvalue weighted by molar-refractivity contribution is -0.126. The summed E-state index contributed by atoms with van der Waals surface area (Å²) in [5.74, 6) is 0.0140. The van der Waals surface area contributed by atoms with Crippen LogP contribution in [0.2, 0.25) is 0 Å². The summed E-state index contributed by atoms with van der Waals surface area (Å²) in [5, 5.41) is 0. The van der Waals surface area contributed by atoms with Gasteiger partial charge in [-0.25, -0.2) is 4.39 Å². The van der Waals surface area contributed by atoms with Crippen molar-refractivity contribution in [3.05, 3.63) is 12.3 Å². The van der Waals surface area contributed by atoms with Crippen molar-refractivity contribution in [2.45, 2.75) is 31.5 Å². The predicted octanol–water partition coefficient (Wildman–Crippen LogP) is 1.61. The summed E-state index contributed by atoms with van der Waals surface area (Å²) in [6.45, 7) is 0. The van der Waals surface area contributed by atoms with Crippen LogP contribution in [0.1, 0.15) is 19.3 Å². The van der Waals surface area contributed by atoms with Gasteiger partial charge in [0.2, 0.25) is 0 Å². The van der Waals surface area contributed by atoms with Crippen LogP contribution < -0.4 is 0 Å². The molecule has 1 saturated carbocycles. The van der Waals surface area contributed by atoms with Crippen LogP contribution in [0.3, 0.4) is 0 Å². The Hall–Kier alpha value is -0.860. The van der Waals surface area contributed by atoms with Gasteiger partial charge in [-0.1, -0.05) is 0 Å². The van der Waals surface area contributed by atoms with Gasteiger partial charge in [0.25, 0.3) is 0 Å². The molecule has 2 aliphatic rings. The molecule has 3 atom stereocenters. The number of rotatable bonds is 0. The first-order chi connectivity index (χ1) is 5.77. The summed E-state index contributed by atoms with van der Waals surface area (Å²) in [4.78, 5) is 11.2. The molecular formula is C9H11FO2. The molecular weight excluding hydrogens is 159 g/mol. The summed E-state index contributed by atoms with van der Waals surface area (Å²) in [6.07, 6.45) is 3.36. The molecule has 12 heavy (non-hydrogen) atoms. The molecule has 0 radical (unpaired) electrons. The topological polar surface area (TPSA) is 26.3 Å². The predicted molar refractivity (Wildman–Crippen MR) is 41.3 cm³/mol. The quantitative estimate of drug-likeness (QED) is 0.552. The van der Waals surface area contributed by atoms with Crippen molar-refractivity contribution < 1.29 is 13.9 Å². The number of carbonyl (C=O) groups excluding carboxylic acids is 1. The zero-order valence-electron chi connectivity index (χ0n) is 6.70. The summed E-state index contributed by atoms with van der Waals surface area (Å²) in [5.41, 5.74) is 0. The van der Waals surface area contributed by atoms with Gasteiger partial charge in [-0.05, 0) is 12.8 Å². The molecule has 3 heteroatoms. The molecule has 0 aromatic carbocycles. The fraction of sp³-hybridized carbons (Fsp3) is 0.667. The van der Waals surface area contributed by atoms with Crippen LogP contribution in [0.5, 0.6) is 0 Å². The van der Waals surface area contributed by atoms with E-state index in [0.29, 0.717) is 19.3 Å². The fourth-order valence-corrected chi connectivity index (χ4v) is 1.89. The normalized spacial score (nSPS) is 40.4. The molecule has 2 rings (SSSR count). The van der Waals surface area contributed by atoms with E-state index in [9.17, 15) is 9.18 Å². The number of hydrogen-bond acceptors (Lipinski definition) is 2. The number of ether oxygens (including phenoxy) is 1. The molecule has 0 aromatic heterocycles. The third kappa shape index (κ3) is 1.24. The van der Waals surface area contributed by atoms with Crippen molar-refractivity contribution in [2.24, 2.45) is 5.92 Å². The highest BCUT2D eigenvalue weighted by Crippen LogP contribution is 2.31. The van der Waals surface area contributed by atoms with Crippen LogP contribution in [0, 0.1) is 5.92 Å². The molecule has 1 aliphatic heterocycles. The van der Waals surface area contributed by atoms with Crippen LogP contribution in [0.4, 0.5) is 4.39 Å². The Morgan fingerprint density at radius 2 is 2.33 bits per heavy atom. The monoisotopic (exact) mass is 170 g/mol. The molecule has 66 valence electrons. The van der Waals surface area contributed by atoms with Gasteiger partial charge in [-0.3, -0.25) is 4.79 Å². The van der Waals surface area contributed by atoms with Crippen LogP contribution >= 0.6 is 0 Å². The van der Waals surface area contributed by atoms with Gasteiger partial charge >= 0.3 is 0 Å². The van der Waals surface area contributed by atoms with Crippen LogP contribution in [-0.2, 0) is 9.53 Å². The molecule has 3 unspecified atom stereocenters. The zero-order valence-corrected chi connectivity index (χ0v) is 6.70. The molecule has 2 nitrogen and oxygen atoms in total. The number of ketones is 1. The van der Waals surface area contributed by atoms with E-state index in [1.54, 1.807) is 0 Å². The molecule has 0 aromatic rings. The van der Waals surface area contributed by atoms with Gasteiger partial charge in [0.1, 0.15) is 12.3 Å². The average Bonchev–Trinajstić information content (AvgIpc) is 2.04. The maximum Gasteiger partial charge on any atom is 0.165 e. The Morgan fingerprint density at radius 3 is 3.17 bits per heavy atom. The van der Waals surface area contributed by atoms with E-state index < -0.39 is 6.17 Å². The molecule has 1 aliphatic carbocycles. The minimum Gasteiger partial charge on any atom is -0.497 e. The fourth-order valence-electron chi connectivity index (χ4n) is 1.89. The lowest BCUT2D eigenvalue weighted by atomic mass is 9.82. The van der Waals surface area contributed by atoms with Crippen molar-refractivity contribution in [1.29, 1.82) is 0 Å². The van der Waals surface area contributed by atoms with Gasteiger partial charge in [0, 0.05) is 12.5 Å². The van der Waals surface area contributed by atoms with Crippen LogP contribution in [0.15, 0.2) is 12.3 Å². The first-order valence-electron chi connectivity index (χ1n) is 4.27. The largest absolute Gasteiger partial charge is 0.497 e. The first-order valence-corrected chi connectivity index (χ1v) is 4.27. The van der Waals surface area contributed by atoms with Gasteiger partial charge in [0.05, 0.1) is 12.2 Å². The van der Waals surface area contributed by atoms with Crippen molar-refractivity contribution in [2.75, 3.05) is 0 Å². The first kappa shape index (κ1) is 7.77. The summed E-state index contributed by atoms with van der Waals surface area (Å²) < 4.78 is 18.0. The Kier molecular flexibility index (Phi) is 1.87. The highest BCUT2D eigenvalue weighted by Gasteiger charge is 2.36. The molecule has 0 amide bonds. The molecule has 0 spiro atoms. The number of fused-ring (bicyclic) bond motifs is 1. The maximum absolute atomic E-state index is 12.9. The van der Waals surface area contributed by atoms with E-state index in [2.05, 4.69) is 0 Å². The average molecular weight is 170 g/mol. The number of hydrogen-bond donors (Lipinski definition) is 0. The lowest BCUT2D eigenvalue weighted by Gasteiger charge is -2.33.